The van der Waals surface area contributed by atoms with E-state index in [9.17, 15) is 14.4 Å². The summed E-state index contributed by atoms with van der Waals surface area (Å²) < 4.78 is 5.44. The molecule has 0 aliphatic heterocycles. The molecule has 1 aromatic carbocycles. The molecule has 0 radical (unpaired) electrons. The Kier molecular flexibility index (Phi) is 10.2. The normalized spacial score (nSPS) is 15.3. The number of unbranched alkanes of at least 4 members (excludes halogenated alkanes) is 1. The van der Waals surface area contributed by atoms with E-state index in [-0.39, 0.29) is 23.8 Å². The van der Waals surface area contributed by atoms with Crippen LogP contribution in [-0.2, 0) is 14.3 Å². The Balaban J connectivity index is 2.43. The Bertz CT molecular complexity index is 887. The number of nitrogens with zero attached hydrogens (tertiary/aromatic N) is 1. The number of aryl methyl sites for hydroxylation is 2. The van der Waals surface area contributed by atoms with Crippen molar-refractivity contribution in [1.82, 2.24) is 15.5 Å². The molecule has 0 saturated heterocycles. The molecule has 2 N–H and O–H groups in total. The van der Waals surface area contributed by atoms with Gasteiger partial charge in [0.25, 0.3) is 0 Å². The van der Waals surface area contributed by atoms with E-state index in [4.69, 9.17) is 4.74 Å². The first kappa shape index (κ1) is 28.7. The second-order valence-electron chi connectivity index (χ2n) is 11.2. The fraction of sp³-hybridized carbons (Fsp3) is 0.679. The van der Waals surface area contributed by atoms with Gasteiger partial charge in [0.05, 0.1) is 0 Å². The first-order valence-corrected chi connectivity index (χ1v) is 13.0. The van der Waals surface area contributed by atoms with Gasteiger partial charge in [-0.05, 0) is 82.9 Å². The van der Waals surface area contributed by atoms with Crippen LogP contribution in [0.15, 0.2) is 18.2 Å². The zero-order chi connectivity index (χ0) is 26.3. The van der Waals surface area contributed by atoms with E-state index in [0.29, 0.717) is 13.0 Å². The predicted octanol–water partition coefficient (Wildman–Crippen LogP) is 5.19. The summed E-state index contributed by atoms with van der Waals surface area (Å²) in [5.74, 6) is -0.248. The molecule has 3 amide bonds. The maximum Gasteiger partial charge on any atom is 0.408 e. The minimum atomic E-state index is -0.775. The number of alkyl carbamates (subject to hydrolysis) is 1. The molecular formula is C28H45N3O4. The quantitative estimate of drug-likeness (QED) is 0.421. The van der Waals surface area contributed by atoms with Gasteiger partial charge in [0, 0.05) is 12.6 Å². The van der Waals surface area contributed by atoms with Crippen LogP contribution >= 0.6 is 0 Å². The molecule has 1 fully saturated rings. The Hall–Kier alpha value is -2.57. The van der Waals surface area contributed by atoms with Gasteiger partial charge in [-0.15, -0.1) is 0 Å². The van der Waals surface area contributed by atoms with Crippen LogP contribution in [0.1, 0.15) is 96.4 Å². The zero-order valence-corrected chi connectivity index (χ0v) is 22.9. The van der Waals surface area contributed by atoms with E-state index in [1.165, 1.54) is 0 Å². The number of hydrogen-bond donors (Lipinski definition) is 2. The van der Waals surface area contributed by atoms with Gasteiger partial charge in [0.2, 0.25) is 11.8 Å². The molecule has 7 heteroatoms. The topological polar surface area (TPSA) is 87.7 Å². The molecule has 2 unspecified atom stereocenters. The van der Waals surface area contributed by atoms with Crippen LogP contribution in [0.5, 0.6) is 0 Å². The van der Waals surface area contributed by atoms with Crippen molar-refractivity contribution in [1.29, 1.82) is 0 Å². The van der Waals surface area contributed by atoms with Gasteiger partial charge in [-0.1, -0.05) is 45.4 Å². The monoisotopic (exact) mass is 487 g/mol. The van der Waals surface area contributed by atoms with Gasteiger partial charge in [0.15, 0.2) is 0 Å². The summed E-state index contributed by atoms with van der Waals surface area (Å²) in [6.07, 6.45) is 3.36. The van der Waals surface area contributed by atoms with Gasteiger partial charge in [0.1, 0.15) is 17.7 Å². The van der Waals surface area contributed by atoms with E-state index in [1.54, 1.807) is 25.7 Å². The van der Waals surface area contributed by atoms with Crippen LogP contribution in [0.3, 0.4) is 0 Å². The van der Waals surface area contributed by atoms with Crippen molar-refractivity contribution in [2.24, 2.45) is 5.92 Å². The molecule has 0 heterocycles. The standard InChI is InChI=1S/C28H45N3O4/c1-9-10-15-29-25(32)24(21-12-11-19(4)20(5)17-21)31(22-13-14-22)26(33)23(16-18(2)3)30-27(34)35-28(6,7)8/h11-12,17-18,22-24H,9-10,13-16H2,1-8H3,(H,29,32)(H,30,34). The number of amides is 3. The minimum absolute atomic E-state index is 0.0267. The highest BCUT2D eigenvalue weighted by molar-refractivity contribution is 5.92. The highest BCUT2D eigenvalue weighted by atomic mass is 16.6. The lowest BCUT2D eigenvalue weighted by molar-refractivity contribution is -0.143. The van der Waals surface area contributed by atoms with Gasteiger partial charge < -0.3 is 20.3 Å². The van der Waals surface area contributed by atoms with Gasteiger partial charge in [-0.2, -0.15) is 0 Å². The summed E-state index contributed by atoms with van der Waals surface area (Å²) >= 11 is 0. The summed E-state index contributed by atoms with van der Waals surface area (Å²) in [6.45, 7) is 16.1. The van der Waals surface area contributed by atoms with Crippen LogP contribution < -0.4 is 10.6 Å². The van der Waals surface area contributed by atoms with E-state index in [0.717, 1.165) is 42.4 Å². The Morgan fingerprint density at radius 3 is 2.29 bits per heavy atom. The van der Waals surface area contributed by atoms with Crippen molar-refractivity contribution in [3.63, 3.8) is 0 Å². The van der Waals surface area contributed by atoms with Gasteiger partial charge >= 0.3 is 6.09 Å². The first-order chi connectivity index (χ1) is 16.3. The second kappa shape index (κ2) is 12.4. The third-order valence-corrected chi connectivity index (χ3v) is 6.09. The lowest BCUT2D eigenvalue weighted by Crippen LogP contribution is -2.54. The molecular weight excluding hydrogens is 442 g/mol. The van der Waals surface area contributed by atoms with Crippen LogP contribution in [0.25, 0.3) is 0 Å². The Morgan fingerprint density at radius 2 is 1.77 bits per heavy atom. The number of benzene rings is 1. The van der Waals surface area contributed by atoms with Crippen LogP contribution in [0, 0.1) is 19.8 Å². The summed E-state index contributed by atoms with van der Waals surface area (Å²) in [4.78, 5) is 41.9. The van der Waals surface area contributed by atoms with Crippen LogP contribution in [0.4, 0.5) is 4.79 Å². The third-order valence-electron chi connectivity index (χ3n) is 6.09. The number of nitrogens with one attached hydrogen (secondary N) is 2. The highest BCUT2D eigenvalue weighted by Gasteiger charge is 2.44. The average Bonchev–Trinajstić information content (AvgIpc) is 3.56. The summed E-state index contributed by atoms with van der Waals surface area (Å²) in [5, 5.41) is 5.84. The van der Waals surface area contributed by atoms with Gasteiger partial charge in [-0.25, -0.2) is 4.79 Å². The second-order valence-corrected chi connectivity index (χ2v) is 11.2. The molecule has 2 rings (SSSR count). The molecule has 0 spiro atoms. The number of carbonyl (C=O) groups is 3. The summed E-state index contributed by atoms with van der Waals surface area (Å²) in [6, 6.07) is 4.39. The molecule has 1 aliphatic carbocycles. The van der Waals surface area contributed by atoms with E-state index < -0.39 is 23.8 Å². The fourth-order valence-corrected chi connectivity index (χ4v) is 4.05. The lowest BCUT2D eigenvalue weighted by Gasteiger charge is -2.35. The largest absolute Gasteiger partial charge is 0.444 e. The number of carbonyl (C=O) groups excluding carboxylic acids is 3. The molecule has 35 heavy (non-hydrogen) atoms. The van der Waals surface area contributed by atoms with Gasteiger partial charge in [-0.3, -0.25) is 9.59 Å². The summed E-state index contributed by atoms with van der Waals surface area (Å²) in [7, 11) is 0. The molecule has 1 aliphatic rings. The van der Waals surface area contributed by atoms with Crippen LogP contribution in [0.2, 0.25) is 0 Å². The first-order valence-electron chi connectivity index (χ1n) is 13.0. The Morgan fingerprint density at radius 1 is 1.11 bits per heavy atom. The number of ether oxygens (including phenoxy) is 1. The predicted molar refractivity (Wildman–Crippen MR) is 139 cm³/mol. The Labute approximate surface area is 211 Å². The average molecular weight is 488 g/mol. The van der Waals surface area contributed by atoms with E-state index in [1.807, 2.05) is 45.9 Å². The van der Waals surface area contributed by atoms with E-state index in [2.05, 4.69) is 17.6 Å². The van der Waals surface area contributed by atoms with E-state index >= 15 is 0 Å². The molecule has 1 saturated carbocycles. The molecule has 2 atom stereocenters. The highest BCUT2D eigenvalue weighted by Crippen LogP contribution is 2.36. The van der Waals surface area contributed by atoms with Crippen molar-refractivity contribution in [3.05, 3.63) is 34.9 Å². The fourth-order valence-electron chi connectivity index (χ4n) is 4.05. The van der Waals surface area contributed by atoms with Crippen molar-refractivity contribution in [3.8, 4) is 0 Å². The number of hydrogen-bond acceptors (Lipinski definition) is 4. The van der Waals surface area contributed by atoms with Crippen molar-refractivity contribution in [2.75, 3.05) is 6.54 Å². The van der Waals surface area contributed by atoms with Crippen molar-refractivity contribution < 1.29 is 19.1 Å². The molecule has 0 aromatic heterocycles. The molecule has 196 valence electrons. The minimum Gasteiger partial charge on any atom is -0.444 e. The molecule has 1 aromatic rings. The third kappa shape index (κ3) is 8.86. The lowest BCUT2D eigenvalue weighted by atomic mass is 9.96. The summed E-state index contributed by atoms with van der Waals surface area (Å²) in [5.41, 5.74) is 2.32. The maximum atomic E-state index is 14.0. The molecule has 0 bridgehead atoms. The zero-order valence-electron chi connectivity index (χ0n) is 22.9. The maximum absolute atomic E-state index is 14.0. The van der Waals surface area contributed by atoms with Crippen molar-refractivity contribution in [2.45, 2.75) is 111 Å². The number of rotatable bonds is 11. The molecule has 7 nitrogen and oxygen atoms in total. The van der Waals surface area contributed by atoms with Crippen molar-refractivity contribution >= 4 is 17.9 Å². The smallest absolute Gasteiger partial charge is 0.408 e. The van der Waals surface area contributed by atoms with Crippen LogP contribution in [-0.4, -0.2) is 47.0 Å². The SMILES string of the molecule is CCCCNC(=O)C(c1ccc(C)c(C)c1)N(C(=O)C(CC(C)C)NC(=O)OC(C)(C)C)C1CC1.